The summed E-state index contributed by atoms with van der Waals surface area (Å²) in [5.74, 6) is 0.807. The Kier molecular flexibility index (Phi) is 2.96. The van der Waals surface area contributed by atoms with Crippen LogP contribution in [-0.4, -0.2) is 24.0 Å². The molecule has 0 spiro atoms. The summed E-state index contributed by atoms with van der Waals surface area (Å²) in [4.78, 5) is 2.65. The van der Waals surface area contributed by atoms with Gasteiger partial charge in [-0.25, -0.2) is 0 Å². The number of piperidine rings is 2. The first kappa shape index (κ1) is 11.3. The van der Waals surface area contributed by atoms with Crippen LogP contribution in [-0.2, 0) is 0 Å². The van der Waals surface area contributed by atoms with Crippen molar-refractivity contribution in [1.29, 1.82) is 0 Å². The quantitative estimate of drug-likeness (QED) is 0.709. The summed E-state index contributed by atoms with van der Waals surface area (Å²) in [6.07, 6.45) is 7.01. The van der Waals surface area contributed by atoms with Crippen molar-refractivity contribution >= 4 is 0 Å². The van der Waals surface area contributed by atoms with Gasteiger partial charge < -0.3 is 4.90 Å². The summed E-state index contributed by atoms with van der Waals surface area (Å²) in [5.41, 5.74) is 2.95. The van der Waals surface area contributed by atoms with E-state index in [1.54, 1.807) is 5.56 Å². The summed E-state index contributed by atoms with van der Waals surface area (Å²) in [6.45, 7) is 2.17. The van der Waals surface area contributed by atoms with Gasteiger partial charge in [-0.1, -0.05) is 36.2 Å². The number of hydrogen-bond donors (Lipinski definition) is 0. The Balaban J connectivity index is 1.79. The van der Waals surface area contributed by atoms with Crippen LogP contribution in [0.15, 0.2) is 24.3 Å². The first-order valence-corrected chi connectivity index (χ1v) is 7.02. The fourth-order valence-corrected chi connectivity index (χ4v) is 3.73. The van der Waals surface area contributed by atoms with Crippen molar-refractivity contribution < 1.29 is 0 Å². The first-order valence-electron chi connectivity index (χ1n) is 7.02. The van der Waals surface area contributed by atoms with E-state index < -0.39 is 0 Å². The van der Waals surface area contributed by atoms with Crippen molar-refractivity contribution in [3.05, 3.63) is 35.4 Å². The van der Waals surface area contributed by atoms with Crippen LogP contribution in [0.4, 0.5) is 0 Å². The van der Waals surface area contributed by atoms with Gasteiger partial charge in [0.05, 0.1) is 0 Å². The molecule has 1 aromatic carbocycles. The summed E-state index contributed by atoms with van der Waals surface area (Å²) >= 11 is 0. The van der Waals surface area contributed by atoms with Crippen molar-refractivity contribution in [2.24, 2.45) is 0 Å². The normalized spacial score (nSPS) is 33.6. The molecule has 3 atom stereocenters. The first-order chi connectivity index (χ1) is 8.24. The predicted octanol–water partition coefficient (Wildman–Crippen LogP) is 3.73. The molecule has 0 aliphatic carbocycles. The van der Waals surface area contributed by atoms with Crippen molar-refractivity contribution in [2.45, 2.75) is 57.0 Å². The molecule has 2 saturated heterocycles. The lowest BCUT2D eigenvalue weighted by Gasteiger charge is -2.47. The van der Waals surface area contributed by atoms with Gasteiger partial charge in [0.25, 0.3) is 0 Å². The van der Waals surface area contributed by atoms with E-state index in [4.69, 9.17) is 0 Å². The molecular weight excluding hydrogens is 206 g/mol. The van der Waals surface area contributed by atoms with Crippen molar-refractivity contribution in [1.82, 2.24) is 4.90 Å². The maximum atomic E-state index is 2.65. The van der Waals surface area contributed by atoms with Crippen LogP contribution < -0.4 is 0 Å². The SMILES string of the molecule is Cc1ccc([C@@H]2C[C@H]3CCC[C@@H](C2)N3C)cc1. The average Bonchev–Trinajstić information content (AvgIpc) is 2.30. The van der Waals surface area contributed by atoms with Gasteiger partial charge in [-0.3, -0.25) is 0 Å². The van der Waals surface area contributed by atoms with E-state index >= 15 is 0 Å². The van der Waals surface area contributed by atoms with Gasteiger partial charge in [0.2, 0.25) is 0 Å². The molecule has 2 fully saturated rings. The molecule has 0 N–H and O–H groups in total. The number of aryl methyl sites for hydroxylation is 1. The molecule has 1 aromatic rings. The van der Waals surface area contributed by atoms with E-state index in [2.05, 4.69) is 43.1 Å². The molecule has 0 unspecified atom stereocenters. The van der Waals surface area contributed by atoms with Crippen LogP contribution in [0, 0.1) is 6.92 Å². The number of rotatable bonds is 1. The minimum absolute atomic E-state index is 0.807. The zero-order valence-electron chi connectivity index (χ0n) is 11.0. The second-order valence-electron chi connectivity index (χ2n) is 5.98. The van der Waals surface area contributed by atoms with Gasteiger partial charge in [-0.15, -0.1) is 0 Å². The van der Waals surface area contributed by atoms with Gasteiger partial charge >= 0.3 is 0 Å². The Morgan fingerprint density at radius 2 is 1.59 bits per heavy atom. The highest BCUT2D eigenvalue weighted by Gasteiger charge is 2.36. The topological polar surface area (TPSA) is 3.24 Å². The second kappa shape index (κ2) is 4.45. The summed E-state index contributed by atoms with van der Waals surface area (Å²) in [7, 11) is 2.33. The molecule has 0 radical (unpaired) electrons. The third kappa shape index (κ3) is 2.13. The Hall–Kier alpha value is -0.820. The van der Waals surface area contributed by atoms with Crippen LogP contribution in [0.5, 0.6) is 0 Å². The van der Waals surface area contributed by atoms with E-state index in [1.165, 1.54) is 37.7 Å². The summed E-state index contributed by atoms with van der Waals surface area (Å²) in [5, 5.41) is 0. The number of fused-ring (bicyclic) bond motifs is 2. The van der Waals surface area contributed by atoms with Crippen LogP contribution in [0.2, 0.25) is 0 Å². The molecule has 2 aliphatic heterocycles. The lowest BCUT2D eigenvalue weighted by Crippen LogP contribution is -2.49. The fourth-order valence-electron chi connectivity index (χ4n) is 3.73. The van der Waals surface area contributed by atoms with E-state index in [0.717, 1.165) is 18.0 Å². The zero-order valence-corrected chi connectivity index (χ0v) is 11.0. The number of nitrogens with zero attached hydrogens (tertiary/aromatic N) is 1. The van der Waals surface area contributed by atoms with Crippen LogP contribution >= 0.6 is 0 Å². The molecule has 2 heterocycles. The molecule has 2 bridgehead atoms. The number of benzene rings is 1. The van der Waals surface area contributed by atoms with E-state index in [1.807, 2.05) is 0 Å². The van der Waals surface area contributed by atoms with Crippen molar-refractivity contribution in [3.8, 4) is 0 Å². The maximum absolute atomic E-state index is 2.65. The molecule has 1 heteroatoms. The lowest BCUT2D eigenvalue weighted by atomic mass is 9.76. The molecule has 0 saturated carbocycles. The predicted molar refractivity (Wildman–Crippen MR) is 72.3 cm³/mol. The van der Waals surface area contributed by atoms with E-state index in [-0.39, 0.29) is 0 Å². The smallest absolute Gasteiger partial charge is 0.0101 e. The maximum Gasteiger partial charge on any atom is 0.0101 e. The van der Waals surface area contributed by atoms with E-state index in [9.17, 15) is 0 Å². The molecule has 0 aromatic heterocycles. The molecule has 92 valence electrons. The third-order valence-electron chi connectivity index (χ3n) is 4.89. The third-order valence-corrected chi connectivity index (χ3v) is 4.89. The molecular formula is C16H23N. The summed E-state index contributed by atoms with van der Waals surface area (Å²) < 4.78 is 0. The Morgan fingerprint density at radius 1 is 1.00 bits per heavy atom. The Labute approximate surface area is 105 Å². The van der Waals surface area contributed by atoms with Crippen molar-refractivity contribution in [3.63, 3.8) is 0 Å². The largest absolute Gasteiger partial charge is 0.300 e. The molecule has 17 heavy (non-hydrogen) atoms. The molecule has 1 nitrogen and oxygen atoms in total. The minimum Gasteiger partial charge on any atom is -0.300 e. The van der Waals surface area contributed by atoms with Gasteiger partial charge in [0, 0.05) is 12.1 Å². The highest BCUT2D eigenvalue weighted by Crippen LogP contribution is 2.40. The minimum atomic E-state index is 0.807. The summed E-state index contributed by atoms with van der Waals surface area (Å²) in [6, 6.07) is 10.9. The van der Waals surface area contributed by atoms with Gasteiger partial charge in [-0.2, -0.15) is 0 Å². The van der Waals surface area contributed by atoms with Crippen LogP contribution in [0.1, 0.15) is 49.1 Å². The van der Waals surface area contributed by atoms with Gasteiger partial charge in [-0.05, 0) is 51.1 Å². The Morgan fingerprint density at radius 3 is 2.18 bits per heavy atom. The monoisotopic (exact) mass is 229 g/mol. The van der Waals surface area contributed by atoms with Gasteiger partial charge in [0.1, 0.15) is 0 Å². The Bertz CT molecular complexity index is 367. The molecule has 0 amide bonds. The molecule has 3 rings (SSSR count). The van der Waals surface area contributed by atoms with Gasteiger partial charge in [0.15, 0.2) is 0 Å². The second-order valence-corrected chi connectivity index (χ2v) is 5.98. The zero-order chi connectivity index (χ0) is 11.8. The van der Waals surface area contributed by atoms with Crippen molar-refractivity contribution in [2.75, 3.05) is 7.05 Å². The molecule has 2 aliphatic rings. The lowest BCUT2D eigenvalue weighted by molar-refractivity contribution is 0.0555. The van der Waals surface area contributed by atoms with E-state index in [0.29, 0.717) is 0 Å². The fraction of sp³-hybridized carbons (Fsp3) is 0.625. The highest BCUT2D eigenvalue weighted by molar-refractivity contribution is 5.25. The number of hydrogen-bond acceptors (Lipinski definition) is 1. The highest BCUT2D eigenvalue weighted by atomic mass is 15.2. The average molecular weight is 229 g/mol. The van der Waals surface area contributed by atoms with Crippen LogP contribution in [0.25, 0.3) is 0 Å². The standard InChI is InChI=1S/C16H23N/c1-12-6-8-13(9-7-12)14-10-15-4-3-5-16(11-14)17(15)2/h6-9,14-16H,3-5,10-11H2,1-2H3/t14-,15-,16+. The van der Waals surface area contributed by atoms with Crippen LogP contribution in [0.3, 0.4) is 0 Å².